The highest BCUT2D eigenvalue weighted by Crippen LogP contribution is 2.17. The maximum absolute atomic E-state index is 12.5. The number of hydrogen-bond acceptors (Lipinski definition) is 3. The van der Waals surface area contributed by atoms with Gasteiger partial charge in [-0.2, -0.15) is 5.10 Å². The topological polar surface area (TPSA) is 56.1 Å². The van der Waals surface area contributed by atoms with Crippen LogP contribution in [0.1, 0.15) is 41.1 Å². The Bertz CT molecular complexity index is 907. The zero-order valence-corrected chi connectivity index (χ0v) is 16.8. The van der Waals surface area contributed by atoms with E-state index in [-0.39, 0.29) is 12.0 Å². The molecule has 0 spiro atoms. The molecule has 0 aliphatic heterocycles. The Balaban J connectivity index is 1.47. The molecule has 28 heavy (non-hydrogen) atoms. The quantitative estimate of drug-likeness (QED) is 0.559. The molecule has 1 heterocycles. The average Bonchev–Trinajstić information content (AvgIpc) is 3.10. The van der Waals surface area contributed by atoms with Crippen molar-refractivity contribution in [2.75, 3.05) is 13.2 Å². The van der Waals surface area contributed by atoms with Crippen LogP contribution < -0.4 is 5.32 Å². The van der Waals surface area contributed by atoms with Gasteiger partial charge in [0, 0.05) is 18.2 Å². The van der Waals surface area contributed by atoms with Gasteiger partial charge in [0.1, 0.15) is 0 Å². The van der Waals surface area contributed by atoms with Crippen molar-refractivity contribution in [3.63, 3.8) is 0 Å². The molecule has 0 radical (unpaired) electrons. The van der Waals surface area contributed by atoms with Crippen molar-refractivity contribution in [3.8, 4) is 5.69 Å². The van der Waals surface area contributed by atoms with Crippen molar-refractivity contribution in [2.45, 2.75) is 26.4 Å². The third kappa shape index (κ3) is 5.00. The number of carbonyl (C=O) groups is 1. The van der Waals surface area contributed by atoms with Gasteiger partial charge < -0.3 is 10.1 Å². The van der Waals surface area contributed by atoms with Gasteiger partial charge in [-0.25, -0.2) is 4.68 Å². The van der Waals surface area contributed by atoms with E-state index < -0.39 is 0 Å². The maximum atomic E-state index is 12.5. The van der Waals surface area contributed by atoms with Crippen LogP contribution in [0.2, 0.25) is 5.02 Å². The van der Waals surface area contributed by atoms with Gasteiger partial charge in [-0.15, -0.1) is 0 Å². The summed E-state index contributed by atoms with van der Waals surface area (Å²) in [6.07, 6.45) is 2.37. The Labute approximate surface area is 170 Å². The first-order chi connectivity index (χ1) is 13.6. The average molecular weight is 398 g/mol. The van der Waals surface area contributed by atoms with E-state index in [2.05, 4.69) is 10.4 Å². The molecule has 2 aromatic carbocycles. The minimum Gasteiger partial charge on any atom is -0.374 e. The summed E-state index contributed by atoms with van der Waals surface area (Å²) in [6, 6.07) is 17.4. The van der Waals surface area contributed by atoms with E-state index in [9.17, 15) is 4.79 Å². The minimum atomic E-state index is -0.131. The smallest absolute Gasteiger partial charge is 0.254 e. The number of hydrogen-bond donors (Lipinski definition) is 1. The Kier molecular flexibility index (Phi) is 6.85. The van der Waals surface area contributed by atoms with E-state index in [0.717, 1.165) is 23.4 Å². The molecular weight excluding hydrogens is 374 g/mol. The lowest BCUT2D eigenvalue weighted by Gasteiger charge is -2.13. The number of nitrogens with one attached hydrogen (secondary N) is 1. The number of amides is 1. The van der Waals surface area contributed by atoms with Crippen LogP contribution in [0.5, 0.6) is 0 Å². The fourth-order valence-electron chi connectivity index (χ4n) is 2.92. The van der Waals surface area contributed by atoms with Gasteiger partial charge in [0.25, 0.3) is 5.91 Å². The van der Waals surface area contributed by atoms with E-state index in [1.54, 1.807) is 23.0 Å². The fourth-order valence-corrected chi connectivity index (χ4v) is 3.05. The Morgan fingerprint density at radius 1 is 1.18 bits per heavy atom. The van der Waals surface area contributed by atoms with Crippen molar-refractivity contribution >= 4 is 17.5 Å². The van der Waals surface area contributed by atoms with Crippen LogP contribution >= 0.6 is 11.6 Å². The molecular formula is C22H24ClN3O2. The van der Waals surface area contributed by atoms with Crippen LogP contribution in [0.15, 0.2) is 60.8 Å². The highest BCUT2D eigenvalue weighted by molar-refractivity contribution is 6.30. The SMILES string of the molecule is Cc1c(C(=O)NCCCO[C@H](C)c2ccccc2)cnn1-c1ccc(Cl)cc1. The van der Waals surface area contributed by atoms with Crippen molar-refractivity contribution in [3.05, 3.63) is 82.6 Å². The summed E-state index contributed by atoms with van der Waals surface area (Å²) >= 11 is 5.93. The lowest BCUT2D eigenvalue weighted by Crippen LogP contribution is -2.25. The van der Waals surface area contributed by atoms with Gasteiger partial charge in [0.15, 0.2) is 0 Å². The van der Waals surface area contributed by atoms with Crippen molar-refractivity contribution < 1.29 is 9.53 Å². The fraction of sp³-hybridized carbons (Fsp3) is 0.273. The van der Waals surface area contributed by atoms with Gasteiger partial charge in [-0.05, 0) is 50.1 Å². The van der Waals surface area contributed by atoms with E-state index in [0.29, 0.717) is 23.7 Å². The monoisotopic (exact) mass is 397 g/mol. The lowest BCUT2D eigenvalue weighted by atomic mass is 10.1. The zero-order chi connectivity index (χ0) is 19.9. The van der Waals surface area contributed by atoms with Crippen molar-refractivity contribution in [1.29, 1.82) is 0 Å². The van der Waals surface area contributed by atoms with E-state index in [4.69, 9.17) is 16.3 Å². The molecule has 3 aromatic rings. The Hall–Kier alpha value is -2.63. The molecule has 6 heteroatoms. The maximum Gasteiger partial charge on any atom is 0.254 e. The van der Waals surface area contributed by atoms with Gasteiger partial charge in [0.2, 0.25) is 0 Å². The second-order valence-corrected chi connectivity index (χ2v) is 7.00. The second-order valence-electron chi connectivity index (χ2n) is 6.57. The summed E-state index contributed by atoms with van der Waals surface area (Å²) in [5.74, 6) is -0.131. The third-order valence-electron chi connectivity index (χ3n) is 4.57. The Morgan fingerprint density at radius 3 is 2.61 bits per heavy atom. The molecule has 1 amide bonds. The number of benzene rings is 2. The van der Waals surface area contributed by atoms with Crippen LogP contribution in [0.3, 0.4) is 0 Å². The van der Waals surface area contributed by atoms with Gasteiger partial charge in [-0.3, -0.25) is 4.79 Å². The standard InChI is InChI=1S/C22H24ClN3O2/c1-16-21(15-25-26(16)20-11-9-19(23)10-12-20)22(27)24-13-6-14-28-17(2)18-7-4-3-5-8-18/h3-5,7-12,15,17H,6,13-14H2,1-2H3,(H,24,27)/t17-/m1/s1. The number of rotatable bonds is 8. The number of nitrogens with zero attached hydrogens (tertiary/aromatic N) is 2. The number of ether oxygens (including phenoxy) is 1. The molecule has 1 N–H and O–H groups in total. The van der Waals surface area contributed by atoms with Gasteiger partial charge >= 0.3 is 0 Å². The van der Waals surface area contributed by atoms with Gasteiger partial charge in [0.05, 0.1) is 29.2 Å². The molecule has 0 saturated heterocycles. The van der Waals surface area contributed by atoms with Gasteiger partial charge in [-0.1, -0.05) is 41.9 Å². The molecule has 0 bridgehead atoms. The summed E-state index contributed by atoms with van der Waals surface area (Å²) in [7, 11) is 0. The van der Waals surface area contributed by atoms with E-state index in [1.807, 2.05) is 56.3 Å². The van der Waals surface area contributed by atoms with Crippen LogP contribution in [-0.4, -0.2) is 28.8 Å². The van der Waals surface area contributed by atoms with E-state index in [1.165, 1.54) is 0 Å². The summed E-state index contributed by atoms with van der Waals surface area (Å²) in [5.41, 5.74) is 3.36. The number of carbonyl (C=O) groups excluding carboxylic acids is 1. The molecule has 0 aliphatic rings. The summed E-state index contributed by atoms with van der Waals surface area (Å²) in [4.78, 5) is 12.5. The minimum absolute atomic E-state index is 0.0387. The second kappa shape index (κ2) is 9.53. The van der Waals surface area contributed by atoms with E-state index >= 15 is 0 Å². The van der Waals surface area contributed by atoms with Crippen LogP contribution in [0.4, 0.5) is 0 Å². The summed E-state index contributed by atoms with van der Waals surface area (Å²) in [6.45, 7) is 5.04. The molecule has 1 atom stereocenters. The molecule has 3 rings (SSSR count). The number of aromatic nitrogens is 2. The highest BCUT2D eigenvalue weighted by atomic mass is 35.5. The molecule has 0 saturated carbocycles. The van der Waals surface area contributed by atoms with Crippen molar-refractivity contribution in [1.82, 2.24) is 15.1 Å². The molecule has 0 aliphatic carbocycles. The molecule has 0 unspecified atom stereocenters. The predicted octanol–water partition coefficient (Wildman–Crippen LogP) is 4.73. The first-order valence-electron chi connectivity index (χ1n) is 9.31. The van der Waals surface area contributed by atoms with Crippen LogP contribution in [0.25, 0.3) is 5.69 Å². The molecule has 0 fully saturated rings. The Morgan fingerprint density at radius 2 is 1.89 bits per heavy atom. The first-order valence-corrected chi connectivity index (χ1v) is 9.69. The highest BCUT2D eigenvalue weighted by Gasteiger charge is 2.14. The van der Waals surface area contributed by atoms with Crippen LogP contribution in [0, 0.1) is 6.92 Å². The van der Waals surface area contributed by atoms with Crippen molar-refractivity contribution in [2.24, 2.45) is 0 Å². The number of halogens is 1. The lowest BCUT2D eigenvalue weighted by molar-refractivity contribution is 0.0635. The summed E-state index contributed by atoms with van der Waals surface area (Å²) < 4.78 is 7.56. The first kappa shape index (κ1) is 20.1. The summed E-state index contributed by atoms with van der Waals surface area (Å²) in [5, 5.41) is 7.92. The zero-order valence-electron chi connectivity index (χ0n) is 16.1. The normalized spacial score (nSPS) is 12.0. The molecule has 1 aromatic heterocycles. The predicted molar refractivity (Wildman–Crippen MR) is 111 cm³/mol. The molecule has 5 nitrogen and oxygen atoms in total. The molecule has 146 valence electrons. The largest absolute Gasteiger partial charge is 0.374 e. The van der Waals surface area contributed by atoms with Crippen LogP contribution in [-0.2, 0) is 4.74 Å². The third-order valence-corrected chi connectivity index (χ3v) is 4.82.